The average Bonchev–Trinajstić information content (AvgIpc) is 2.31. The number of carbonyl (C=O) groups excluding carboxylic acids is 1. The van der Waals surface area contributed by atoms with Crippen LogP contribution in [0, 0.1) is 0 Å². The molecule has 18 heavy (non-hydrogen) atoms. The topological polar surface area (TPSA) is 49.8 Å². The molecule has 0 bridgehead atoms. The Kier molecular flexibility index (Phi) is 5.65. The molecule has 1 N–H and O–H groups in total. The third kappa shape index (κ3) is 4.75. The van der Waals surface area contributed by atoms with Crippen LogP contribution in [0.25, 0.3) is 0 Å². The van der Waals surface area contributed by atoms with Crippen molar-refractivity contribution in [3.8, 4) is 5.75 Å². The molecule has 0 spiro atoms. The normalized spacial score (nSPS) is 10.7. The van der Waals surface area contributed by atoms with Gasteiger partial charge in [-0.05, 0) is 19.9 Å². The molecular formula is C14H21NO3. The van der Waals surface area contributed by atoms with Crippen molar-refractivity contribution in [2.75, 3.05) is 20.2 Å². The Morgan fingerprint density at radius 1 is 1.39 bits per heavy atom. The highest BCUT2D eigenvalue weighted by Crippen LogP contribution is 2.16. The van der Waals surface area contributed by atoms with Crippen LogP contribution in [-0.2, 0) is 16.0 Å². The molecule has 4 heteroatoms. The number of para-hydroxylation sites is 1. The zero-order valence-corrected chi connectivity index (χ0v) is 11.2. The summed E-state index contributed by atoms with van der Waals surface area (Å²) in [5.41, 5.74) is 0.652. The number of phenols is 1. The van der Waals surface area contributed by atoms with Crippen molar-refractivity contribution in [3.63, 3.8) is 0 Å². The minimum atomic E-state index is -0.0242. The van der Waals surface area contributed by atoms with Gasteiger partial charge in [0.05, 0.1) is 19.1 Å². The van der Waals surface area contributed by atoms with E-state index in [-0.39, 0.29) is 24.2 Å². The zero-order chi connectivity index (χ0) is 13.5. The van der Waals surface area contributed by atoms with Crippen molar-refractivity contribution in [2.45, 2.75) is 26.4 Å². The fraction of sp³-hybridized carbons (Fsp3) is 0.500. The van der Waals surface area contributed by atoms with E-state index in [1.165, 1.54) is 0 Å². The molecule has 1 amide bonds. The van der Waals surface area contributed by atoms with Crippen molar-refractivity contribution in [3.05, 3.63) is 29.8 Å². The van der Waals surface area contributed by atoms with Gasteiger partial charge in [0, 0.05) is 19.2 Å². The minimum absolute atomic E-state index is 0.0242. The maximum Gasteiger partial charge on any atom is 0.226 e. The number of hydrogen-bond acceptors (Lipinski definition) is 3. The molecule has 0 heterocycles. The highest BCUT2D eigenvalue weighted by Gasteiger charge is 2.11. The fourth-order valence-electron chi connectivity index (χ4n) is 1.51. The van der Waals surface area contributed by atoms with E-state index in [1.54, 1.807) is 30.1 Å². The van der Waals surface area contributed by atoms with Gasteiger partial charge in [-0.15, -0.1) is 0 Å². The number of amides is 1. The molecule has 1 rings (SSSR count). The van der Waals surface area contributed by atoms with Crippen molar-refractivity contribution in [2.24, 2.45) is 0 Å². The summed E-state index contributed by atoms with van der Waals surface area (Å²) in [7, 11) is 1.74. The third-order valence-electron chi connectivity index (χ3n) is 2.64. The van der Waals surface area contributed by atoms with Gasteiger partial charge in [-0.25, -0.2) is 0 Å². The summed E-state index contributed by atoms with van der Waals surface area (Å²) in [5, 5.41) is 9.59. The van der Waals surface area contributed by atoms with Gasteiger partial charge in [-0.2, -0.15) is 0 Å². The van der Waals surface area contributed by atoms with Gasteiger partial charge in [0.2, 0.25) is 5.91 Å². The lowest BCUT2D eigenvalue weighted by Gasteiger charge is -2.18. The van der Waals surface area contributed by atoms with Crippen LogP contribution in [0.2, 0.25) is 0 Å². The first-order valence-corrected chi connectivity index (χ1v) is 6.13. The van der Waals surface area contributed by atoms with Gasteiger partial charge in [-0.3, -0.25) is 4.79 Å². The van der Waals surface area contributed by atoms with Crippen molar-refractivity contribution in [1.29, 1.82) is 0 Å². The molecule has 0 radical (unpaired) electrons. The summed E-state index contributed by atoms with van der Waals surface area (Å²) in [6.07, 6.45) is 0.386. The molecule has 0 aliphatic heterocycles. The summed E-state index contributed by atoms with van der Waals surface area (Å²) in [6, 6.07) is 6.89. The highest BCUT2D eigenvalue weighted by atomic mass is 16.5. The van der Waals surface area contributed by atoms with Gasteiger partial charge in [0.25, 0.3) is 0 Å². The first-order valence-electron chi connectivity index (χ1n) is 6.13. The molecule has 0 fully saturated rings. The van der Waals surface area contributed by atoms with Crippen LogP contribution < -0.4 is 0 Å². The molecule has 0 aliphatic rings. The Labute approximate surface area is 108 Å². The van der Waals surface area contributed by atoms with Crippen LogP contribution in [0.4, 0.5) is 0 Å². The number of ether oxygens (including phenoxy) is 1. The molecule has 100 valence electrons. The quantitative estimate of drug-likeness (QED) is 0.839. The van der Waals surface area contributed by atoms with Crippen LogP contribution in [0.1, 0.15) is 19.4 Å². The molecule has 4 nitrogen and oxygen atoms in total. The summed E-state index contributed by atoms with van der Waals surface area (Å²) >= 11 is 0. The lowest BCUT2D eigenvalue weighted by molar-refractivity contribution is -0.130. The van der Waals surface area contributed by atoms with Crippen LogP contribution >= 0.6 is 0 Å². The van der Waals surface area contributed by atoms with Gasteiger partial charge >= 0.3 is 0 Å². The van der Waals surface area contributed by atoms with E-state index in [1.807, 2.05) is 19.9 Å². The summed E-state index contributed by atoms with van der Waals surface area (Å²) in [5.74, 6) is 0.140. The van der Waals surface area contributed by atoms with Gasteiger partial charge in [0.15, 0.2) is 0 Å². The molecule has 1 aromatic rings. The van der Waals surface area contributed by atoms with E-state index in [0.29, 0.717) is 18.7 Å². The third-order valence-corrected chi connectivity index (χ3v) is 2.64. The number of carbonyl (C=O) groups is 1. The van der Waals surface area contributed by atoms with Crippen LogP contribution in [0.15, 0.2) is 24.3 Å². The lowest BCUT2D eigenvalue weighted by atomic mass is 10.1. The molecular weight excluding hydrogens is 230 g/mol. The molecule has 0 aromatic heterocycles. The molecule has 0 aliphatic carbocycles. The average molecular weight is 251 g/mol. The second-order valence-electron chi connectivity index (χ2n) is 4.54. The fourth-order valence-corrected chi connectivity index (χ4v) is 1.51. The van der Waals surface area contributed by atoms with Crippen LogP contribution in [0.3, 0.4) is 0 Å². The van der Waals surface area contributed by atoms with E-state index in [9.17, 15) is 9.90 Å². The van der Waals surface area contributed by atoms with Gasteiger partial charge < -0.3 is 14.7 Å². The van der Waals surface area contributed by atoms with Gasteiger partial charge in [0.1, 0.15) is 5.75 Å². The molecule has 0 atom stereocenters. The number of hydrogen-bond donors (Lipinski definition) is 1. The highest BCUT2D eigenvalue weighted by molar-refractivity contribution is 5.79. The Hall–Kier alpha value is -1.55. The Balaban J connectivity index is 2.43. The second kappa shape index (κ2) is 7.01. The van der Waals surface area contributed by atoms with E-state index >= 15 is 0 Å². The number of rotatable bonds is 6. The maximum absolute atomic E-state index is 11.9. The zero-order valence-electron chi connectivity index (χ0n) is 11.2. The Morgan fingerprint density at radius 3 is 2.67 bits per heavy atom. The van der Waals surface area contributed by atoms with Crippen LogP contribution in [0.5, 0.6) is 5.75 Å². The van der Waals surface area contributed by atoms with Crippen molar-refractivity contribution < 1.29 is 14.6 Å². The van der Waals surface area contributed by atoms with Crippen molar-refractivity contribution >= 4 is 5.91 Å². The predicted octanol–water partition coefficient (Wildman–Crippen LogP) is 1.82. The molecule has 1 aromatic carbocycles. The summed E-state index contributed by atoms with van der Waals surface area (Å²) < 4.78 is 5.39. The number of aromatic hydroxyl groups is 1. The molecule has 0 saturated heterocycles. The standard InChI is InChI=1S/C14H21NO3/c1-11(2)18-9-8-15(3)14(17)10-12-6-4-5-7-13(12)16/h4-7,11,16H,8-10H2,1-3H3. The first kappa shape index (κ1) is 14.5. The van der Waals surface area contributed by atoms with Gasteiger partial charge in [-0.1, -0.05) is 18.2 Å². The summed E-state index contributed by atoms with van der Waals surface area (Å²) in [6.45, 7) is 5.01. The minimum Gasteiger partial charge on any atom is -0.508 e. The predicted molar refractivity (Wildman–Crippen MR) is 70.5 cm³/mol. The van der Waals surface area contributed by atoms with E-state index in [4.69, 9.17) is 4.74 Å². The smallest absolute Gasteiger partial charge is 0.226 e. The monoisotopic (exact) mass is 251 g/mol. The SMILES string of the molecule is CC(C)OCCN(C)C(=O)Cc1ccccc1O. The maximum atomic E-state index is 11.9. The molecule has 0 unspecified atom stereocenters. The Morgan fingerprint density at radius 2 is 2.06 bits per heavy atom. The number of nitrogens with zero attached hydrogens (tertiary/aromatic N) is 1. The van der Waals surface area contributed by atoms with E-state index < -0.39 is 0 Å². The lowest BCUT2D eigenvalue weighted by Crippen LogP contribution is -2.31. The number of benzene rings is 1. The first-order chi connectivity index (χ1) is 8.50. The molecule has 0 saturated carbocycles. The number of likely N-dealkylation sites (N-methyl/N-ethyl adjacent to an activating group) is 1. The van der Waals surface area contributed by atoms with Crippen molar-refractivity contribution in [1.82, 2.24) is 4.90 Å². The Bertz CT molecular complexity index is 390. The largest absolute Gasteiger partial charge is 0.508 e. The van der Waals surface area contributed by atoms with E-state index in [0.717, 1.165) is 0 Å². The van der Waals surface area contributed by atoms with E-state index in [2.05, 4.69) is 0 Å². The van der Waals surface area contributed by atoms with Crippen LogP contribution in [-0.4, -0.2) is 42.2 Å². The second-order valence-corrected chi connectivity index (χ2v) is 4.54. The number of phenolic OH excluding ortho intramolecular Hbond substituents is 1. The summed E-state index contributed by atoms with van der Waals surface area (Å²) in [4.78, 5) is 13.5.